The second kappa shape index (κ2) is 5.76. The molecule has 0 unspecified atom stereocenters. The number of carbonyl (C=O) groups is 1. The van der Waals surface area contributed by atoms with Crippen molar-refractivity contribution in [3.05, 3.63) is 58.7 Å². The molecule has 3 aromatic heterocycles. The molecule has 0 N–H and O–H groups in total. The van der Waals surface area contributed by atoms with Gasteiger partial charge in [0, 0.05) is 31.3 Å². The summed E-state index contributed by atoms with van der Waals surface area (Å²) in [7, 11) is 0. The minimum atomic E-state index is -0.157. The largest absolute Gasteiger partial charge is 0.340 e. The number of pyridine rings is 1. The lowest BCUT2D eigenvalue weighted by atomic mass is 9.99. The van der Waals surface area contributed by atoms with Gasteiger partial charge in [0.2, 0.25) is 5.91 Å². The molecule has 26 heavy (non-hydrogen) atoms. The van der Waals surface area contributed by atoms with E-state index in [9.17, 15) is 9.59 Å². The van der Waals surface area contributed by atoms with Crippen molar-refractivity contribution in [2.75, 3.05) is 13.1 Å². The van der Waals surface area contributed by atoms with Gasteiger partial charge in [-0.2, -0.15) is 0 Å². The highest BCUT2D eigenvalue weighted by Crippen LogP contribution is 2.38. The summed E-state index contributed by atoms with van der Waals surface area (Å²) in [6, 6.07) is 7.33. The molecule has 8 nitrogen and oxygen atoms in total. The highest BCUT2D eigenvalue weighted by atomic mass is 16.2. The van der Waals surface area contributed by atoms with Crippen LogP contribution in [0.2, 0.25) is 0 Å². The van der Waals surface area contributed by atoms with Crippen LogP contribution in [0.1, 0.15) is 36.2 Å². The fraction of sp³-hybridized carbons (Fsp3) is 0.389. The Morgan fingerprint density at radius 2 is 2.00 bits per heavy atom. The molecule has 2 fully saturated rings. The van der Waals surface area contributed by atoms with Gasteiger partial charge in [-0.1, -0.05) is 6.07 Å². The third-order valence-corrected chi connectivity index (χ3v) is 5.14. The van der Waals surface area contributed by atoms with E-state index in [1.807, 2.05) is 28.8 Å². The monoisotopic (exact) mass is 350 g/mol. The van der Waals surface area contributed by atoms with Crippen LogP contribution in [0.5, 0.6) is 0 Å². The summed E-state index contributed by atoms with van der Waals surface area (Å²) in [6.07, 6.45) is 5.63. The number of nitrogens with zero attached hydrogens (tertiary/aromatic N) is 6. The van der Waals surface area contributed by atoms with Crippen molar-refractivity contribution in [1.29, 1.82) is 0 Å². The fourth-order valence-corrected chi connectivity index (χ4v) is 3.39. The van der Waals surface area contributed by atoms with Gasteiger partial charge in [-0.15, -0.1) is 10.2 Å². The second-order valence-electron chi connectivity index (χ2n) is 7.04. The Morgan fingerprint density at radius 3 is 2.77 bits per heavy atom. The van der Waals surface area contributed by atoms with Crippen LogP contribution in [0.15, 0.2) is 41.6 Å². The Balaban J connectivity index is 1.25. The number of aromatic nitrogens is 5. The molecule has 5 rings (SSSR count). The fourth-order valence-electron chi connectivity index (χ4n) is 3.39. The van der Waals surface area contributed by atoms with E-state index in [4.69, 9.17) is 0 Å². The van der Waals surface area contributed by atoms with Crippen molar-refractivity contribution in [2.24, 2.45) is 0 Å². The van der Waals surface area contributed by atoms with Gasteiger partial charge in [-0.3, -0.25) is 18.6 Å². The molecule has 1 saturated heterocycles. The Bertz CT molecular complexity index is 1050. The molecule has 0 radical (unpaired) electrons. The molecule has 132 valence electrons. The lowest BCUT2D eigenvalue weighted by molar-refractivity contribution is -0.136. The first-order valence-corrected chi connectivity index (χ1v) is 8.83. The number of amides is 1. The van der Waals surface area contributed by atoms with E-state index < -0.39 is 0 Å². The van der Waals surface area contributed by atoms with Crippen LogP contribution in [0, 0.1) is 0 Å². The molecule has 2 aliphatic rings. The van der Waals surface area contributed by atoms with Crippen molar-refractivity contribution >= 4 is 11.6 Å². The number of rotatable bonds is 4. The summed E-state index contributed by atoms with van der Waals surface area (Å²) in [5.74, 6) is 1.40. The van der Waals surface area contributed by atoms with Crippen molar-refractivity contribution < 1.29 is 4.79 Å². The third-order valence-electron chi connectivity index (χ3n) is 5.14. The predicted molar refractivity (Wildman–Crippen MR) is 92.8 cm³/mol. The Hall–Kier alpha value is -3.03. The molecule has 8 heteroatoms. The summed E-state index contributed by atoms with van der Waals surface area (Å²) in [5.41, 5.74) is 1.50. The smallest absolute Gasteiger partial charge is 0.254 e. The van der Waals surface area contributed by atoms with E-state index in [0.717, 1.165) is 30.0 Å². The summed E-state index contributed by atoms with van der Waals surface area (Å²) < 4.78 is 3.34. The van der Waals surface area contributed by atoms with Gasteiger partial charge in [0.1, 0.15) is 12.4 Å². The average Bonchev–Trinajstić information content (AvgIpc) is 3.37. The van der Waals surface area contributed by atoms with Gasteiger partial charge in [0.05, 0.1) is 17.9 Å². The van der Waals surface area contributed by atoms with Gasteiger partial charge in [-0.05, 0) is 25.0 Å². The summed E-state index contributed by atoms with van der Waals surface area (Å²) in [6.45, 7) is 1.22. The first kappa shape index (κ1) is 15.2. The number of fused-ring (bicyclic) bond motifs is 1. The van der Waals surface area contributed by atoms with Crippen molar-refractivity contribution in [3.63, 3.8) is 0 Å². The van der Waals surface area contributed by atoms with Crippen LogP contribution < -0.4 is 5.56 Å². The lowest BCUT2D eigenvalue weighted by Crippen LogP contribution is -2.50. The van der Waals surface area contributed by atoms with Gasteiger partial charge in [0.25, 0.3) is 5.56 Å². The van der Waals surface area contributed by atoms with Gasteiger partial charge < -0.3 is 4.90 Å². The Labute approximate surface area is 149 Å². The number of hydrogen-bond donors (Lipinski definition) is 0. The molecule has 0 aromatic carbocycles. The number of carbonyl (C=O) groups excluding carboxylic acids is 1. The first-order valence-electron chi connectivity index (χ1n) is 8.83. The minimum Gasteiger partial charge on any atom is -0.340 e. The van der Waals surface area contributed by atoms with E-state index in [1.54, 1.807) is 11.0 Å². The molecule has 0 bridgehead atoms. The van der Waals surface area contributed by atoms with Crippen LogP contribution in [0.4, 0.5) is 0 Å². The second-order valence-corrected chi connectivity index (χ2v) is 7.04. The lowest BCUT2D eigenvalue weighted by Gasteiger charge is -2.38. The highest BCUT2D eigenvalue weighted by molar-refractivity contribution is 5.77. The van der Waals surface area contributed by atoms with Crippen LogP contribution in [0.3, 0.4) is 0 Å². The Kier molecular flexibility index (Phi) is 3.37. The van der Waals surface area contributed by atoms with E-state index >= 15 is 0 Å². The van der Waals surface area contributed by atoms with Gasteiger partial charge in [0.15, 0.2) is 5.65 Å². The maximum atomic E-state index is 12.5. The predicted octanol–water partition coefficient (Wildman–Crippen LogP) is 0.789. The highest BCUT2D eigenvalue weighted by Gasteiger charge is 2.35. The van der Waals surface area contributed by atoms with Crippen molar-refractivity contribution in [1.82, 2.24) is 29.0 Å². The molecule has 1 saturated carbocycles. The van der Waals surface area contributed by atoms with E-state index in [1.165, 1.54) is 10.9 Å². The molecule has 1 aliphatic heterocycles. The van der Waals surface area contributed by atoms with E-state index in [2.05, 4.69) is 15.2 Å². The zero-order valence-corrected chi connectivity index (χ0v) is 14.2. The van der Waals surface area contributed by atoms with Crippen LogP contribution in [-0.2, 0) is 11.3 Å². The van der Waals surface area contributed by atoms with Crippen LogP contribution in [-0.4, -0.2) is 48.0 Å². The van der Waals surface area contributed by atoms with Crippen LogP contribution >= 0.6 is 0 Å². The van der Waals surface area contributed by atoms with Gasteiger partial charge in [-0.25, -0.2) is 4.98 Å². The summed E-state index contributed by atoms with van der Waals surface area (Å²) in [5, 5.41) is 8.41. The van der Waals surface area contributed by atoms with E-state index in [-0.39, 0.29) is 23.9 Å². The van der Waals surface area contributed by atoms with E-state index in [0.29, 0.717) is 19.0 Å². The SMILES string of the molecule is O=C(Cn1cnc(C2CC2)cc1=O)N1CC(c2nnc3ccccn23)C1. The maximum Gasteiger partial charge on any atom is 0.254 e. The molecular weight excluding hydrogens is 332 g/mol. The molecular formula is C18H18N6O2. The average molecular weight is 350 g/mol. The van der Waals surface area contributed by atoms with Crippen LogP contribution in [0.25, 0.3) is 5.65 Å². The standard InChI is InChI=1S/C18H18N6O2/c25-16-7-14(12-4-5-12)19-11-23(16)10-17(26)22-8-13(9-22)18-21-20-15-3-1-2-6-24(15)18/h1-3,6-7,11-13H,4-5,8-10H2. The molecule has 3 aromatic rings. The quantitative estimate of drug-likeness (QED) is 0.694. The molecule has 1 amide bonds. The van der Waals surface area contributed by atoms with Gasteiger partial charge >= 0.3 is 0 Å². The third kappa shape index (κ3) is 2.58. The topological polar surface area (TPSA) is 85.4 Å². The molecule has 0 atom stereocenters. The number of likely N-dealkylation sites (tertiary alicyclic amines) is 1. The van der Waals surface area contributed by atoms with Crippen molar-refractivity contribution in [2.45, 2.75) is 31.2 Å². The van der Waals surface area contributed by atoms with Crippen molar-refractivity contribution in [3.8, 4) is 0 Å². The number of hydrogen-bond acceptors (Lipinski definition) is 5. The first-order chi connectivity index (χ1) is 12.7. The molecule has 0 spiro atoms. The minimum absolute atomic E-state index is 0.0318. The normalized spacial score (nSPS) is 17.5. The molecule has 1 aliphatic carbocycles. The summed E-state index contributed by atoms with van der Waals surface area (Å²) >= 11 is 0. The maximum absolute atomic E-state index is 12.5. The molecule has 4 heterocycles. The summed E-state index contributed by atoms with van der Waals surface area (Å²) in [4.78, 5) is 30.7. The zero-order chi connectivity index (χ0) is 17.7. The zero-order valence-electron chi connectivity index (χ0n) is 14.2. The Morgan fingerprint density at radius 1 is 1.15 bits per heavy atom.